The van der Waals surface area contributed by atoms with Gasteiger partial charge in [-0.05, 0) is 53.6 Å². The summed E-state index contributed by atoms with van der Waals surface area (Å²) in [6.07, 6.45) is 0. The number of carboxylic acid groups (broad SMARTS) is 1. The molecule has 2 aromatic heterocycles. The molecule has 0 fully saturated rings. The highest BCUT2D eigenvalue weighted by molar-refractivity contribution is 5.84. The number of furan rings is 1. The molecule has 0 radical (unpaired) electrons. The molecule has 0 aliphatic heterocycles. The fourth-order valence-corrected chi connectivity index (χ4v) is 2.12. The number of carbonyl (C=O) groups is 1. The van der Waals surface area contributed by atoms with Gasteiger partial charge in [-0.25, -0.2) is 9.48 Å². The summed E-state index contributed by atoms with van der Waals surface area (Å²) >= 11 is 0. The van der Waals surface area contributed by atoms with E-state index in [0.29, 0.717) is 11.6 Å². The van der Waals surface area contributed by atoms with Crippen LogP contribution < -0.4 is 0 Å². The molecule has 22 heavy (non-hydrogen) atoms. The quantitative estimate of drug-likeness (QED) is 0.794. The summed E-state index contributed by atoms with van der Waals surface area (Å²) in [7, 11) is 0. The Kier molecular flexibility index (Phi) is 3.46. The number of benzene rings is 1. The fourth-order valence-electron chi connectivity index (χ4n) is 2.12. The number of aryl methyl sites for hydroxylation is 2. The van der Waals surface area contributed by atoms with Gasteiger partial charge in [0.05, 0.1) is 0 Å². The Morgan fingerprint density at radius 1 is 1.23 bits per heavy atom. The van der Waals surface area contributed by atoms with Crippen molar-refractivity contribution in [2.75, 3.05) is 0 Å². The maximum atomic E-state index is 10.8. The van der Waals surface area contributed by atoms with Gasteiger partial charge in [-0.15, -0.1) is 5.10 Å². The lowest BCUT2D eigenvalue weighted by atomic mass is 10.1. The Labute approximate surface area is 126 Å². The second-order valence-electron chi connectivity index (χ2n) is 5.03. The molecule has 0 atom stereocenters. The number of aromatic nitrogens is 4. The Hall–Kier alpha value is -2.96. The molecule has 0 saturated carbocycles. The minimum atomic E-state index is -1.10. The zero-order chi connectivity index (χ0) is 15.7. The molecular formula is C15H14N4O3. The largest absolute Gasteiger partial charge is 0.475 e. The van der Waals surface area contributed by atoms with E-state index in [0.717, 1.165) is 11.1 Å². The van der Waals surface area contributed by atoms with Crippen LogP contribution in [0.1, 0.15) is 27.4 Å². The molecule has 3 aromatic rings. The third-order valence-corrected chi connectivity index (χ3v) is 3.48. The molecule has 0 aliphatic rings. The molecular weight excluding hydrogens is 284 g/mol. The zero-order valence-corrected chi connectivity index (χ0v) is 12.1. The number of hydrogen-bond donors (Lipinski definition) is 1. The van der Waals surface area contributed by atoms with E-state index in [1.54, 1.807) is 10.7 Å². The normalized spacial score (nSPS) is 10.8. The lowest BCUT2D eigenvalue weighted by Crippen LogP contribution is -2.04. The zero-order valence-electron chi connectivity index (χ0n) is 12.1. The van der Waals surface area contributed by atoms with Crippen molar-refractivity contribution in [3.05, 3.63) is 53.0 Å². The topological polar surface area (TPSA) is 94.0 Å². The van der Waals surface area contributed by atoms with Crippen LogP contribution in [0.4, 0.5) is 0 Å². The van der Waals surface area contributed by atoms with E-state index in [-0.39, 0.29) is 12.3 Å². The van der Waals surface area contributed by atoms with Crippen molar-refractivity contribution in [3.63, 3.8) is 0 Å². The lowest BCUT2D eigenvalue weighted by molar-refractivity contribution is 0.0660. The van der Waals surface area contributed by atoms with E-state index < -0.39 is 5.97 Å². The highest BCUT2D eigenvalue weighted by atomic mass is 16.4. The SMILES string of the molecule is Cc1ccc(-c2nnnn2Cc2ccc(C(=O)O)o2)cc1C. The molecule has 3 rings (SSSR count). The molecule has 0 spiro atoms. The van der Waals surface area contributed by atoms with E-state index in [1.807, 2.05) is 32.0 Å². The van der Waals surface area contributed by atoms with Crippen molar-refractivity contribution < 1.29 is 14.3 Å². The van der Waals surface area contributed by atoms with Crippen LogP contribution in [0.3, 0.4) is 0 Å². The molecule has 0 aliphatic carbocycles. The van der Waals surface area contributed by atoms with Crippen LogP contribution in [0.25, 0.3) is 11.4 Å². The lowest BCUT2D eigenvalue weighted by Gasteiger charge is -2.05. The number of carboxylic acids is 1. The van der Waals surface area contributed by atoms with Gasteiger partial charge in [0.2, 0.25) is 5.76 Å². The van der Waals surface area contributed by atoms with Gasteiger partial charge in [-0.3, -0.25) is 0 Å². The Bertz CT molecular complexity index is 835. The molecule has 1 N–H and O–H groups in total. The van der Waals surface area contributed by atoms with E-state index in [9.17, 15) is 4.79 Å². The minimum Gasteiger partial charge on any atom is -0.475 e. The maximum absolute atomic E-state index is 10.8. The van der Waals surface area contributed by atoms with Crippen molar-refractivity contribution in [1.29, 1.82) is 0 Å². The number of tetrazole rings is 1. The van der Waals surface area contributed by atoms with E-state index >= 15 is 0 Å². The molecule has 7 heteroatoms. The average Bonchev–Trinajstić information content (AvgIpc) is 3.12. The van der Waals surface area contributed by atoms with Crippen molar-refractivity contribution in [2.45, 2.75) is 20.4 Å². The Balaban J connectivity index is 1.91. The first kappa shape index (κ1) is 14.0. The standard InChI is InChI=1S/C15H14N4O3/c1-9-3-4-11(7-10(9)2)14-16-17-18-19(14)8-12-5-6-13(22-12)15(20)21/h3-7H,8H2,1-2H3,(H,20,21). The first-order chi connectivity index (χ1) is 10.5. The average molecular weight is 298 g/mol. The molecule has 0 amide bonds. The molecule has 7 nitrogen and oxygen atoms in total. The molecule has 2 heterocycles. The van der Waals surface area contributed by atoms with Crippen LogP contribution in [-0.4, -0.2) is 31.3 Å². The monoisotopic (exact) mass is 298 g/mol. The first-order valence-corrected chi connectivity index (χ1v) is 6.70. The van der Waals surface area contributed by atoms with Gasteiger partial charge in [0.1, 0.15) is 12.3 Å². The predicted octanol–water partition coefficient (Wildman–Crippen LogP) is 2.30. The highest BCUT2D eigenvalue weighted by Gasteiger charge is 2.14. The smallest absolute Gasteiger partial charge is 0.371 e. The van der Waals surface area contributed by atoms with Crippen molar-refractivity contribution >= 4 is 5.97 Å². The molecule has 112 valence electrons. The molecule has 0 saturated heterocycles. The van der Waals surface area contributed by atoms with Gasteiger partial charge < -0.3 is 9.52 Å². The van der Waals surface area contributed by atoms with Gasteiger partial charge in [0.25, 0.3) is 0 Å². The molecule has 0 unspecified atom stereocenters. The third kappa shape index (κ3) is 2.60. The van der Waals surface area contributed by atoms with Crippen LogP contribution in [-0.2, 0) is 6.54 Å². The highest BCUT2D eigenvalue weighted by Crippen LogP contribution is 2.20. The summed E-state index contributed by atoms with van der Waals surface area (Å²) in [5.41, 5.74) is 3.25. The van der Waals surface area contributed by atoms with Gasteiger partial charge in [0, 0.05) is 5.56 Å². The van der Waals surface area contributed by atoms with Crippen molar-refractivity contribution in [2.24, 2.45) is 0 Å². The van der Waals surface area contributed by atoms with E-state index in [4.69, 9.17) is 9.52 Å². The number of hydrogen-bond acceptors (Lipinski definition) is 5. The van der Waals surface area contributed by atoms with Crippen LogP contribution in [0, 0.1) is 13.8 Å². The van der Waals surface area contributed by atoms with Gasteiger partial charge in [-0.2, -0.15) is 0 Å². The van der Waals surface area contributed by atoms with Crippen LogP contribution in [0.2, 0.25) is 0 Å². The van der Waals surface area contributed by atoms with Crippen LogP contribution >= 0.6 is 0 Å². The van der Waals surface area contributed by atoms with Crippen molar-refractivity contribution in [1.82, 2.24) is 20.2 Å². The van der Waals surface area contributed by atoms with E-state index in [1.165, 1.54) is 11.6 Å². The van der Waals surface area contributed by atoms with E-state index in [2.05, 4.69) is 15.5 Å². The van der Waals surface area contributed by atoms with Gasteiger partial charge in [0.15, 0.2) is 5.82 Å². The second kappa shape index (κ2) is 5.44. The second-order valence-corrected chi connectivity index (χ2v) is 5.03. The number of aromatic carboxylic acids is 1. The fraction of sp³-hybridized carbons (Fsp3) is 0.200. The Morgan fingerprint density at radius 2 is 2.05 bits per heavy atom. The molecule has 1 aromatic carbocycles. The summed E-state index contributed by atoms with van der Waals surface area (Å²) in [4.78, 5) is 10.8. The number of rotatable bonds is 4. The summed E-state index contributed by atoms with van der Waals surface area (Å²) in [5, 5.41) is 20.5. The number of nitrogens with zero attached hydrogens (tertiary/aromatic N) is 4. The maximum Gasteiger partial charge on any atom is 0.371 e. The summed E-state index contributed by atoms with van der Waals surface area (Å²) in [5.74, 6) is -0.112. The summed E-state index contributed by atoms with van der Waals surface area (Å²) < 4.78 is 6.81. The van der Waals surface area contributed by atoms with Crippen LogP contribution in [0.5, 0.6) is 0 Å². The minimum absolute atomic E-state index is 0.101. The summed E-state index contributed by atoms with van der Waals surface area (Å²) in [6.45, 7) is 4.33. The van der Waals surface area contributed by atoms with Gasteiger partial charge >= 0.3 is 5.97 Å². The summed E-state index contributed by atoms with van der Waals surface area (Å²) in [6, 6.07) is 9.00. The Morgan fingerprint density at radius 3 is 2.73 bits per heavy atom. The predicted molar refractivity (Wildman–Crippen MR) is 77.5 cm³/mol. The van der Waals surface area contributed by atoms with Crippen LogP contribution in [0.15, 0.2) is 34.7 Å². The van der Waals surface area contributed by atoms with Crippen molar-refractivity contribution in [3.8, 4) is 11.4 Å². The van der Waals surface area contributed by atoms with Gasteiger partial charge in [-0.1, -0.05) is 12.1 Å². The first-order valence-electron chi connectivity index (χ1n) is 6.70. The molecule has 0 bridgehead atoms. The third-order valence-electron chi connectivity index (χ3n) is 3.48.